The SMILES string of the molecule is CCOC(=O)c1ccc(F)c(N)c1. The Balaban J connectivity index is 2.90. The molecule has 1 rings (SSSR count). The zero-order valence-corrected chi connectivity index (χ0v) is 7.21. The molecule has 0 heterocycles. The van der Waals surface area contributed by atoms with Gasteiger partial charge in [-0.1, -0.05) is 0 Å². The van der Waals surface area contributed by atoms with Gasteiger partial charge in [-0.2, -0.15) is 0 Å². The second kappa shape index (κ2) is 3.89. The monoisotopic (exact) mass is 183 g/mol. The molecule has 0 aliphatic rings. The van der Waals surface area contributed by atoms with Gasteiger partial charge in [-0.3, -0.25) is 0 Å². The summed E-state index contributed by atoms with van der Waals surface area (Å²) in [6.45, 7) is 1.99. The van der Waals surface area contributed by atoms with E-state index in [1.165, 1.54) is 12.1 Å². The molecule has 0 atom stereocenters. The van der Waals surface area contributed by atoms with E-state index in [2.05, 4.69) is 0 Å². The lowest BCUT2D eigenvalue weighted by Gasteiger charge is -2.02. The van der Waals surface area contributed by atoms with E-state index >= 15 is 0 Å². The Bertz CT molecular complexity index is 325. The van der Waals surface area contributed by atoms with Crippen LogP contribution in [0, 0.1) is 5.82 Å². The van der Waals surface area contributed by atoms with E-state index in [0.717, 1.165) is 6.07 Å². The number of hydrogen-bond donors (Lipinski definition) is 1. The van der Waals surface area contributed by atoms with Gasteiger partial charge in [-0.25, -0.2) is 9.18 Å². The second-order valence-electron chi connectivity index (χ2n) is 2.46. The lowest BCUT2D eigenvalue weighted by molar-refractivity contribution is 0.0526. The van der Waals surface area contributed by atoms with Gasteiger partial charge < -0.3 is 10.5 Å². The average Bonchev–Trinajstić information content (AvgIpc) is 2.10. The van der Waals surface area contributed by atoms with E-state index < -0.39 is 11.8 Å². The van der Waals surface area contributed by atoms with Crippen molar-refractivity contribution >= 4 is 11.7 Å². The first kappa shape index (κ1) is 9.51. The Morgan fingerprint density at radius 2 is 2.31 bits per heavy atom. The molecular formula is C9H10FNO2. The van der Waals surface area contributed by atoms with Gasteiger partial charge in [0.2, 0.25) is 0 Å². The van der Waals surface area contributed by atoms with Crippen molar-refractivity contribution in [2.24, 2.45) is 0 Å². The molecule has 0 saturated carbocycles. The van der Waals surface area contributed by atoms with E-state index in [9.17, 15) is 9.18 Å². The molecule has 0 radical (unpaired) electrons. The molecule has 0 fully saturated rings. The van der Waals surface area contributed by atoms with Crippen LogP contribution in [0.1, 0.15) is 17.3 Å². The summed E-state index contributed by atoms with van der Waals surface area (Å²) in [7, 11) is 0. The molecule has 4 heteroatoms. The van der Waals surface area contributed by atoms with Crippen LogP contribution in [0.25, 0.3) is 0 Å². The van der Waals surface area contributed by atoms with Crippen molar-refractivity contribution < 1.29 is 13.9 Å². The maximum atomic E-state index is 12.7. The first-order chi connectivity index (χ1) is 6.15. The zero-order valence-electron chi connectivity index (χ0n) is 7.21. The average molecular weight is 183 g/mol. The lowest BCUT2D eigenvalue weighted by atomic mass is 10.2. The minimum atomic E-state index is -0.534. The number of esters is 1. The molecule has 0 aromatic heterocycles. The summed E-state index contributed by atoms with van der Waals surface area (Å²) >= 11 is 0. The number of rotatable bonds is 2. The van der Waals surface area contributed by atoms with Gasteiger partial charge in [0.25, 0.3) is 0 Å². The fraction of sp³-hybridized carbons (Fsp3) is 0.222. The van der Waals surface area contributed by atoms with Crippen molar-refractivity contribution in [2.75, 3.05) is 12.3 Å². The molecule has 70 valence electrons. The van der Waals surface area contributed by atoms with Crippen molar-refractivity contribution in [3.8, 4) is 0 Å². The van der Waals surface area contributed by atoms with Gasteiger partial charge in [-0.05, 0) is 25.1 Å². The van der Waals surface area contributed by atoms with Crippen LogP contribution in [0.5, 0.6) is 0 Å². The van der Waals surface area contributed by atoms with Gasteiger partial charge >= 0.3 is 5.97 Å². The number of halogens is 1. The highest BCUT2D eigenvalue weighted by Gasteiger charge is 2.07. The number of hydrogen-bond acceptors (Lipinski definition) is 3. The van der Waals surface area contributed by atoms with Crippen molar-refractivity contribution in [1.82, 2.24) is 0 Å². The molecule has 1 aromatic carbocycles. The lowest BCUT2D eigenvalue weighted by Crippen LogP contribution is -2.05. The quantitative estimate of drug-likeness (QED) is 0.559. The van der Waals surface area contributed by atoms with Gasteiger partial charge in [0, 0.05) is 0 Å². The summed E-state index contributed by atoms with van der Waals surface area (Å²) in [5, 5.41) is 0. The fourth-order valence-corrected chi connectivity index (χ4v) is 0.885. The number of carbonyl (C=O) groups excluding carboxylic acids is 1. The van der Waals surface area contributed by atoms with Gasteiger partial charge in [0.1, 0.15) is 5.82 Å². The Labute approximate surface area is 75.3 Å². The first-order valence-corrected chi connectivity index (χ1v) is 3.87. The molecule has 1 aromatic rings. The molecule has 3 nitrogen and oxygen atoms in total. The van der Waals surface area contributed by atoms with E-state index in [4.69, 9.17) is 10.5 Å². The van der Waals surface area contributed by atoms with Crippen LogP contribution in [0.15, 0.2) is 18.2 Å². The largest absolute Gasteiger partial charge is 0.462 e. The van der Waals surface area contributed by atoms with Crippen LogP contribution < -0.4 is 5.73 Å². The number of anilines is 1. The third kappa shape index (κ3) is 2.18. The van der Waals surface area contributed by atoms with Crippen molar-refractivity contribution in [1.29, 1.82) is 0 Å². The maximum Gasteiger partial charge on any atom is 0.338 e. The minimum Gasteiger partial charge on any atom is -0.462 e. The molecule has 0 amide bonds. The molecule has 13 heavy (non-hydrogen) atoms. The van der Waals surface area contributed by atoms with Crippen molar-refractivity contribution in [3.63, 3.8) is 0 Å². The Hall–Kier alpha value is -1.58. The standard InChI is InChI=1S/C9H10FNO2/c1-2-13-9(12)6-3-4-7(10)8(11)5-6/h3-5H,2,11H2,1H3. The number of nitrogens with two attached hydrogens (primary N) is 1. The first-order valence-electron chi connectivity index (χ1n) is 3.87. The highest BCUT2D eigenvalue weighted by Crippen LogP contribution is 2.12. The summed E-state index contributed by atoms with van der Waals surface area (Å²) in [6, 6.07) is 3.73. The topological polar surface area (TPSA) is 52.3 Å². The zero-order chi connectivity index (χ0) is 9.84. The van der Waals surface area contributed by atoms with Crippen LogP contribution in [0.3, 0.4) is 0 Å². The molecule has 0 bridgehead atoms. The molecule has 2 N–H and O–H groups in total. The second-order valence-corrected chi connectivity index (χ2v) is 2.46. The molecular weight excluding hydrogens is 173 g/mol. The third-order valence-electron chi connectivity index (χ3n) is 1.51. The Kier molecular flexibility index (Phi) is 2.84. The smallest absolute Gasteiger partial charge is 0.338 e. The van der Waals surface area contributed by atoms with Crippen LogP contribution in [-0.4, -0.2) is 12.6 Å². The predicted molar refractivity (Wildman–Crippen MR) is 46.8 cm³/mol. The van der Waals surface area contributed by atoms with E-state index in [1.807, 2.05) is 0 Å². The Morgan fingerprint density at radius 3 is 2.85 bits per heavy atom. The normalized spacial score (nSPS) is 9.69. The van der Waals surface area contributed by atoms with Crippen LogP contribution in [-0.2, 0) is 4.74 Å². The fourth-order valence-electron chi connectivity index (χ4n) is 0.885. The maximum absolute atomic E-state index is 12.7. The van der Waals surface area contributed by atoms with E-state index in [-0.39, 0.29) is 17.9 Å². The summed E-state index contributed by atoms with van der Waals surface area (Å²) in [4.78, 5) is 11.1. The van der Waals surface area contributed by atoms with Crippen molar-refractivity contribution in [3.05, 3.63) is 29.6 Å². The highest BCUT2D eigenvalue weighted by atomic mass is 19.1. The summed E-state index contributed by atoms with van der Waals surface area (Å²) in [5.41, 5.74) is 5.49. The third-order valence-corrected chi connectivity index (χ3v) is 1.51. The van der Waals surface area contributed by atoms with Crippen LogP contribution in [0.4, 0.5) is 10.1 Å². The molecule has 0 saturated heterocycles. The molecule has 0 aliphatic carbocycles. The number of ether oxygens (including phenoxy) is 1. The van der Waals surface area contributed by atoms with Crippen LogP contribution in [0.2, 0.25) is 0 Å². The van der Waals surface area contributed by atoms with Crippen LogP contribution >= 0.6 is 0 Å². The summed E-state index contributed by atoms with van der Waals surface area (Å²) in [5.74, 6) is -1.03. The van der Waals surface area contributed by atoms with Crippen molar-refractivity contribution in [2.45, 2.75) is 6.92 Å². The Morgan fingerprint density at radius 1 is 1.62 bits per heavy atom. The summed E-state index contributed by atoms with van der Waals surface area (Å²) in [6.07, 6.45) is 0. The van der Waals surface area contributed by atoms with Gasteiger partial charge in [0.05, 0.1) is 17.9 Å². The highest BCUT2D eigenvalue weighted by molar-refractivity contribution is 5.90. The number of nitrogen functional groups attached to an aromatic ring is 1. The van der Waals surface area contributed by atoms with E-state index in [1.54, 1.807) is 6.92 Å². The molecule has 0 unspecified atom stereocenters. The number of benzene rings is 1. The van der Waals surface area contributed by atoms with Gasteiger partial charge in [-0.15, -0.1) is 0 Å². The minimum absolute atomic E-state index is 0.0504. The molecule has 0 spiro atoms. The number of carbonyl (C=O) groups is 1. The summed E-state index contributed by atoms with van der Waals surface area (Å²) < 4.78 is 17.4. The van der Waals surface area contributed by atoms with Gasteiger partial charge in [0.15, 0.2) is 0 Å². The molecule has 0 aliphatic heterocycles. The predicted octanol–water partition coefficient (Wildman–Crippen LogP) is 1.58. The van der Waals surface area contributed by atoms with E-state index in [0.29, 0.717) is 0 Å².